The number of carbonyl (C=O) groups excluding carboxylic acids is 1. The molecule has 0 atom stereocenters. The molecule has 2 aromatic rings. The third-order valence-electron chi connectivity index (χ3n) is 2.42. The molecule has 2 rings (SSSR count). The van der Waals surface area contributed by atoms with E-state index in [1.807, 2.05) is 24.3 Å². The van der Waals surface area contributed by atoms with Gasteiger partial charge in [0.1, 0.15) is 12.4 Å². The lowest BCUT2D eigenvalue weighted by Crippen LogP contribution is -2.22. The third kappa shape index (κ3) is 3.11. The Morgan fingerprint density at radius 2 is 1.78 bits per heavy atom. The maximum Gasteiger partial charge on any atom is 0.133 e. The first-order valence-electron chi connectivity index (χ1n) is 5.34. The molecule has 0 aliphatic rings. The van der Waals surface area contributed by atoms with Crippen molar-refractivity contribution in [1.82, 2.24) is 0 Å². The zero-order chi connectivity index (χ0) is 13.0. The lowest BCUT2D eigenvalue weighted by atomic mass is 10.1. The number of ether oxygens (including phenoxy) is 1. The summed E-state index contributed by atoms with van der Waals surface area (Å²) in [5.74, 6) is -0.422. The first kappa shape index (κ1) is 12.6. The van der Waals surface area contributed by atoms with E-state index in [1.165, 1.54) is 12.1 Å². The Hall–Kier alpha value is -1.81. The van der Waals surface area contributed by atoms with Crippen LogP contribution in [0.25, 0.3) is 0 Å². The van der Waals surface area contributed by atoms with Crippen LogP contribution < -0.4 is 9.84 Å². The zero-order valence-electron chi connectivity index (χ0n) is 9.43. The highest BCUT2D eigenvalue weighted by Gasteiger charge is 2.00. The molecule has 4 heteroatoms. The fraction of sp³-hybridized carbons (Fsp3) is 0.0714. The molecule has 0 aliphatic carbocycles. The highest BCUT2D eigenvalue weighted by molar-refractivity contribution is 9.10. The van der Waals surface area contributed by atoms with Crippen LogP contribution >= 0.6 is 15.9 Å². The summed E-state index contributed by atoms with van der Waals surface area (Å²) in [6.45, 7) is 0.385. The molecule has 0 saturated carbocycles. The standard InChI is InChI=1S/C14H11BrO3/c15-12-3-1-2-4-13(12)18-9-10-5-7-11(8-6-10)14(16)17/h1-8H,9H2,(H,16,17)/p-1. The lowest BCUT2D eigenvalue weighted by Gasteiger charge is -2.09. The Kier molecular flexibility index (Phi) is 3.99. The van der Waals surface area contributed by atoms with Gasteiger partial charge in [0.25, 0.3) is 0 Å². The van der Waals surface area contributed by atoms with Gasteiger partial charge in [-0.15, -0.1) is 0 Å². The number of aromatic carboxylic acids is 1. The largest absolute Gasteiger partial charge is 0.545 e. The quantitative estimate of drug-likeness (QED) is 0.871. The van der Waals surface area contributed by atoms with Gasteiger partial charge in [-0.05, 0) is 39.2 Å². The summed E-state index contributed by atoms with van der Waals surface area (Å²) in [6, 6.07) is 14.0. The lowest BCUT2D eigenvalue weighted by molar-refractivity contribution is -0.255. The Labute approximate surface area is 113 Å². The monoisotopic (exact) mass is 305 g/mol. The van der Waals surface area contributed by atoms with Crippen molar-refractivity contribution in [3.63, 3.8) is 0 Å². The fourth-order valence-electron chi connectivity index (χ4n) is 1.46. The predicted molar refractivity (Wildman–Crippen MR) is 69.2 cm³/mol. The van der Waals surface area contributed by atoms with E-state index in [2.05, 4.69) is 15.9 Å². The van der Waals surface area contributed by atoms with Gasteiger partial charge in [-0.25, -0.2) is 0 Å². The molecule has 0 amide bonds. The highest BCUT2D eigenvalue weighted by Crippen LogP contribution is 2.24. The summed E-state index contributed by atoms with van der Waals surface area (Å²) in [5, 5.41) is 10.6. The summed E-state index contributed by atoms with van der Waals surface area (Å²) in [5.41, 5.74) is 1.07. The summed E-state index contributed by atoms with van der Waals surface area (Å²) >= 11 is 3.39. The molecule has 0 N–H and O–H groups in total. The zero-order valence-corrected chi connectivity index (χ0v) is 11.0. The van der Waals surface area contributed by atoms with Gasteiger partial charge in [-0.2, -0.15) is 0 Å². The second kappa shape index (κ2) is 5.69. The Morgan fingerprint density at radius 1 is 1.11 bits per heavy atom. The van der Waals surface area contributed by atoms with E-state index in [0.29, 0.717) is 6.61 Å². The molecule has 18 heavy (non-hydrogen) atoms. The molecule has 0 fully saturated rings. The number of hydrogen-bond acceptors (Lipinski definition) is 3. The van der Waals surface area contributed by atoms with Crippen molar-refractivity contribution in [1.29, 1.82) is 0 Å². The van der Waals surface area contributed by atoms with Crippen LogP contribution in [0.1, 0.15) is 15.9 Å². The minimum atomic E-state index is -1.17. The second-order valence-corrected chi connectivity index (χ2v) is 4.56. The molecule has 0 radical (unpaired) electrons. The molecular weight excluding hydrogens is 296 g/mol. The highest BCUT2D eigenvalue weighted by atomic mass is 79.9. The number of hydrogen-bond donors (Lipinski definition) is 0. The van der Waals surface area contributed by atoms with Gasteiger partial charge in [0, 0.05) is 0 Å². The van der Waals surface area contributed by atoms with Gasteiger partial charge in [-0.3, -0.25) is 0 Å². The Morgan fingerprint density at radius 3 is 2.39 bits per heavy atom. The van der Waals surface area contributed by atoms with Crippen LogP contribution in [-0.2, 0) is 6.61 Å². The molecule has 3 nitrogen and oxygen atoms in total. The Balaban J connectivity index is 2.02. The number of rotatable bonds is 4. The van der Waals surface area contributed by atoms with Crippen LogP contribution in [-0.4, -0.2) is 5.97 Å². The van der Waals surface area contributed by atoms with Gasteiger partial charge in [0.15, 0.2) is 0 Å². The smallest absolute Gasteiger partial charge is 0.133 e. The molecule has 0 spiro atoms. The van der Waals surface area contributed by atoms with Crippen LogP contribution in [0.15, 0.2) is 53.0 Å². The number of benzene rings is 2. The molecule has 0 unspecified atom stereocenters. The van der Waals surface area contributed by atoms with Crippen LogP contribution in [0.2, 0.25) is 0 Å². The van der Waals surface area contributed by atoms with E-state index in [1.54, 1.807) is 12.1 Å². The van der Waals surface area contributed by atoms with E-state index >= 15 is 0 Å². The summed E-state index contributed by atoms with van der Waals surface area (Å²) in [4.78, 5) is 10.6. The van der Waals surface area contributed by atoms with Crippen molar-refractivity contribution in [2.24, 2.45) is 0 Å². The van der Waals surface area contributed by atoms with Crippen molar-refractivity contribution in [2.45, 2.75) is 6.61 Å². The van der Waals surface area contributed by atoms with Gasteiger partial charge in [0.2, 0.25) is 0 Å². The van der Waals surface area contributed by atoms with Crippen LogP contribution in [0, 0.1) is 0 Å². The molecule has 0 saturated heterocycles. The van der Waals surface area contributed by atoms with Crippen molar-refractivity contribution >= 4 is 21.9 Å². The van der Waals surface area contributed by atoms with Gasteiger partial charge < -0.3 is 14.6 Å². The normalized spacial score (nSPS) is 10.1. The average molecular weight is 306 g/mol. The molecule has 0 heterocycles. The van der Waals surface area contributed by atoms with Crippen molar-refractivity contribution < 1.29 is 14.6 Å². The van der Waals surface area contributed by atoms with Gasteiger partial charge in [0.05, 0.1) is 10.4 Å². The Bertz CT molecular complexity index is 549. The molecular formula is C14H10BrO3-. The molecule has 0 aliphatic heterocycles. The van der Waals surface area contributed by atoms with Gasteiger partial charge in [-0.1, -0.05) is 36.4 Å². The van der Waals surface area contributed by atoms with Crippen LogP contribution in [0.3, 0.4) is 0 Å². The molecule has 2 aromatic carbocycles. The fourth-order valence-corrected chi connectivity index (χ4v) is 1.86. The maximum atomic E-state index is 10.6. The summed E-state index contributed by atoms with van der Waals surface area (Å²) < 4.78 is 6.50. The second-order valence-electron chi connectivity index (χ2n) is 3.70. The first-order chi connectivity index (χ1) is 8.66. The van der Waals surface area contributed by atoms with Crippen molar-refractivity contribution in [3.8, 4) is 5.75 Å². The first-order valence-corrected chi connectivity index (χ1v) is 6.14. The van der Waals surface area contributed by atoms with E-state index < -0.39 is 5.97 Å². The molecule has 92 valence electrons. The van der Waals surface area contributed by atoms with Crippen LogP contribution in [0.5, 0.6) is 5.75 Å². The minimum Gasteiger partial charge on any atom is -0.545 e. The minimum absolute atomic E-state index is 0.166. The summed E-state index contributed by atoms with van der Waals surface area (Å²) in [6.07, 6.45) is 0. The third-order valence-corrected chi connectivity index (χ3v) is 3.08. The number of carbonyl (C=O) groups is 1. The maximum absolute atomic E-state index is 10.6. The number of carboxylic acid groups (broad SMARTS) is 1. The topological polar surface area (TPSA) is 49.4 Å². The van der Waals surface area contributed by atoms with Crippen LogP contribution in [0.4, 0.5) is 0 Å². The SMILES string of the molecule is O=C([O-])c1ccc(COc2ccccc2Br)cc1. The number of carboxylic acids is 1. The van der Waals surface area contributed by atoms with E-state index in [9.17, 15) is 9.90 Å². The molecule has 0 aromatic heterocycles. The van der Waals surface area contributed by atoms with E-state index in [-0.39, 0.29) is 5.56 Å². The van der Waals surface area contributed by atoms with Crippen molar-refractivity contribution in [3.05, 3.63) is 64.1 Å². The van der Waals surface area contributed by atoms with Crippen molar-refractivity contribution in [2.75, 3.05) is 0 Å². The molecule has 0 bridgehead atoms. The van der Waals surface area contributed by atoms with Gasteiger partial charge >= 0.3 is 0 Å². The van der Waals surface area contributed by atoms with E-state index in [4.69, 9.17) is 4.74 Å². The number of halogens is 1. The summed E-state index contributed by atoms with van der Waals surface area (Å²) in [7, 11) is 0. The number of para-hydroxylation sites is 1. The van der Waals surface area contributed by atoms with E-state index in [0.717, 1.165) is 15.8 Å². The predicted octanol–water partition coefficient (Wildman–Crippen LogP) is 2.39. The average Bonchev–Trinajstić information content (AvgIpc) is 2.38.